The maximum atomic E-state index is 13.5. The SMILES string of the molecule is NC(=O)COc1ccc2c(c1)C(Cc1cccc(F)c1)NCCC2. The fraction of sp³-hybridized carbons (Fsp3) is 0.316. The van der Waals surface area contributed by atoms with E-state index in [9.17, 15) is 9.18 Å². The molecule has 1 aliphatic rings. The topological polar surface area (TPSA) is 64.4 Å². The van der Waals surface area contributed by atoms with Gasteiger partial charge in [-0.15, -0.1) is 0 Å². The molecule has 4 nitrogen and oxygen atoms in total. The molecule has 0 aliphatic carbocycles. The van der Waals surface area contributed by atoms with E-state index in [0.717, 1.165) is 30.5 Å². The van der Waals surface area contributed by atoms with Gasteiger partial charge in [0.15, 0.2) is 6.61 Å². The maximum Gasteiger partial charge on any atom is 0.255 e. The first-order chi connectivity index (χ1) is 11.6. The molecule has 126 valence electrons. The Morgan fingerprint density at radius 1 is 1.29 bits per heavy atom. The van der Waals surface area contributed by atoms with Crippen LogP contribution in [0, 0.1) is 5.82 Å². The van der Waals surface area contributed by atoms with Crippen LogP contribution in [0.2, 0.25) is 0 Å². The lowest BCUT2D eigenvalue weighted by Crippen LogP contribution is -2.23. The smallest absolute Gasteiger partial charge is 0.255 e. The molecule has 1 heterocycles. The van der Waals surface area contributed by atoms with Gasteiger partial charge in [-0.1, -0.05) is 18.2 Å². The first kappa shape index (κ1) is 16.5. The van der Waals surface area contributed by atoms with Crippen LogP contribution >= 0.6 is 0 Å². The van der Waals surface area contributed by atoms with Crippen LogP contribution in [-0.2, 0) is 17.6 Å². The largest absolute Gasteiger partial charge is 0.484 e. The Hall–Kier alpha value is -2.40. The number of nitrogens with two attached hydrogens (primary N) is 1. The minimum atomic E-state index is -0.501. The highest BCUT2D eigenvalue weighted by molar-refractivity contribution is 5.75. The van der Waals surface area contributed by atoms with Crippen LogP contribution in [0.5, 0.6) is 5.75 Å². The number of amides is 1. The molecule has 0 fully saturated rings. The lowest BCUT2D eigenvalue weighted by Gasteiger charge is -2.20. The lowest BCUT2D eigenvalue weighted by atomic mass is 9.94. The number of fused-ring (bicyclic) bond motifs is 1. The van der Waals surface area contributed by atoms with Gasteiger partial charge >= 0.3 is 0 Å². The van der Waals surface area contributed by atoms with E-state index < -0.39 is 5.91 Å². The molecule has 2 aromatic carbocycles. The van der Waals surface area contributed by atoms with Gasteiger partial charge in [-0.2, -0.15) is 0 Å². The average Bonchev–Trinajstić information content (AvgIpc) is 2.75. The number of halogens is 1. The number of hydrogen-bond donors (Lipinski definition) is 2. The van der Waals surface area contributed by atoms with Crippen LogP contribution in [0.25, 0.3) is 0 Å². The van der Waals surface area contributed by atoms with E-state index in [4.69, 9.17) is 10.5 Å². The lowest BCUT2D eigenvalue weighted by molar-refractivity contribution is -0.119. The van der Waals surface area contributed by atoms with Gasteiger partial charge in [0.05, 0.1) is 0 Å². The highest BCUT2D eigenvalue weighted by Gasteiger charge is 2.19. The van der Waals surface area contributed by atoms with Crippen molar-refractivity contribution in [2.45, 2.75) is 25.3 Å². The minimum Gasteiger partial charge on any atom is -0.484 e. The van der Waals surface area contributed by atoms with E-state index in [2.05, 4.69) is 5.32 Å². The third kappa shape index (κ3) is 4.11. The third-order valence-electron chi connectivity index (χ3n) is 4.22. The number of carbonyl (C=O) groups is 1. The molecule has 0 spiro atoms. The maximum absolute atomic E-state index is 13.5. The van der Waals surface area contributed by atoms with Gasteiger partial charge in [0.25, 0.3) is 5.91 Å². The van der Waals surface area contributed by atoms with E-state index in [0.29, 0.717) is 12.2 Å². The number of ether oxygens (including phenoxy) is 1. The van der Waals surface area contributed by atoms with Gasteiger partial charge in [0.1, 0.15) is 11.6 Å². The normalized spacial score (nSPS) is 17.0. The quantitative estimate of drug-likeness (QED) is 0.886. The molecule has 0 bridgehead atoms. The van der Waals surface area contributed by atoms with Gasteiger partial charge in [0, 0.05) is 6.04 Å². The Bertz CT molecular complexity index is 733. The number of carbonyl (C=O) groups excluding carboxylic acids is 1. The molecular formula is C19H21FN2O2. The van der Waals surface area contributed by atoms with Crippen LogP contribution in [0.3, 0.4) is 0 Å². The third-order valence-corrected chi connectivity index (χ3v) is 4.22. The summed E-state index contributed by atoms with van der Waals surface area (Å²) >= 11 is 0. The van der Waals surface area contributed by atoms with Gasteiger partial charge in [0.2, 0.25) is 0 Å². The Labute approximate surface area is 140 Å². The second kappa shape index (κ2) is 7.45. The van der Waals surface area contributed by atoms with Gasteiger partial charge in [-0.3, -0.25) is 4.79 Å². The first-order valence-electron chi connectivity index (χ1n) is 8.13. The molecule has 0 aromatic heterocycles. The fourth-order valence-electron chi connectivity index (χ4n) is 3.12. The summed E-state index contributed by atoms with van der Waals surface area (Å²) in [6, 6.07) is 12.6. The van der Waals surface area contributed by atoms with Crippen LogP contribution in [-0.4, -0.2) is 19.1 Å². The summed E-state index contributed by atoms with van der Waals surface area (Å²) in [4.78, 5) is 10.9. The number of aryl methyl sites for hydroxylation is 1. The van der Waals surface area contributed by atoms with E-state index in [1.807, 2.05) is 24.3 Å². The molecule has 5 heteroatoms. The van der Waals surface area contributed by atoms with Crippen LogP contribution in [0.4, 0.5) is 4.39 Å². The zero-order valence-corrected chi connectivity index (χ0v) is 13.4. The van der Waals surface area contributed by atoms with Crippen molar-refractivity contribution in [1.29, 1.82) is 0 Å². The molecule has 3 N–H and O–H groups in total. The fourth-order valence-corrected chi connectivity index (χ4v) is 3.12. The summed E-state index contributed by atoms with van der Waals surface area (Å²) < 4.78 is 18.9. The Morgan fingerprint density at radius 2 is 2.17 bits per heavy atom. The second-order valence-electron chi connectivity index (χ2n) is 6.06. The van der Waals surface area contributed by atoms with Crippen molar-refractivity contribution >= 4 is 5.91 Å². The number of benzene rings is 2. The minimum absolute atomic E-state index is 0.0847. The number of primary amides is 1. The van der Waals surface area contributed by atoms with Gasteiger partial charge in [-0.25, -0.2) is 4.39 Å². The monoisotopic (exact) mass is 328 g/mol. The van der Waals surface area contributed by atoms with Crippen molar-refractivity contribution in [3.8, 4) is 5.75 Å². The van der Waals surface area contributed by atoms with Crippen molar-refractivity contribution in [3.05, 3.63) is 65.0 Å². The highest BCUT2D eigenvalue weighted by Crippen LogP contribution is 2.29. The van der Waals surface area contributed by atoms with Crippen molar-refractivity contribution in [1.82, 2.24) is 5.32 Å². The summed E-state index contributed by atoms with van der Waals surface area (Å²) in [7, 11) is 0. The molecule has 3 rings (SSSR count). The highest BCUT2D eigenvalue weighted by atomic mass is 19.1. The first-order valence-corrected chi connectivity index (χ1v) is 8.13. The molecule has 0 saturated carbocycles. The second-order valence-corrected chi connectivity index (χ2v) is 6.06. The van der Waals surface area contributed by atoms with Crippen molar-refractivity contribution in [2.24, 2.45) is 5.73 Å². The standard InChI is InChI=1S/C19H21FN2O2/c20-15-5-1-3-13(9-15)10-18-17-11-16(24-12-19(21)23)7-6-14(17)4-2-8-22-18/h1,3,5-7,9,11,18,22H,2,4,8,10,12H2,(H2,21,23). The molecule has 0 radical (unpaired) electrons. The van der Waals surface area contributed by atoms with E-state index >= 15 is 0 Å². The molecule has 1 aliphatic heterocycles. The molecule has 1 amide bonds. The van der Waals surface area contributed by atoms with Crippen molar-refractivity contribution in [2.75, 3.05) is 13.2 Å². The van der Waals surface area contributed by atoms with Crippen LogP contribution < -0.4 is 15.8 Å². The van der Waals surface area contributed by atoms with Crippen molar-refractivity contribution < 1.29 is 13.9 Å². The van der Waals surface area contributed by atoms with E-state index in [-0.39, 0.29) is 18.5 Å². The zero-order chi connectivity index (χ0) is 16.9. The van der Waals surface area contributed by atoms with Crippen LogP contribution in [0.1, 0.15) is 29.2 Å². The van der Waals surface area contributed by atoms with Crippen LogP contribution in [0.15, 0.2) is 42.5 Å². The average molecular weight is 328 g/mol. The Morgan fingerprint density at radius 3 is 2.96 bits per heavy atom. The number of rotatable bonds is 5. The predicted octanol–water partition coefficient (Wildman–Crippen LogP) is 2.51. The Balaban J connectivity index is 1.85. The molecular weight excluding hydrogens is 307 g/mol. The summed E-state index contributed by atoms with van der Waals surface area (Å²) in [6.45, 7) is 0.771. The summed E-state index contributed by atoms with van der Waals surface area (Å²) in [5, 5.41) is 3.53. The molecule has 0 saturated heterocycles. The summed E-state index contributed by atoms with van der Waals surface area (Å²) in [5.41, 5.74) is 8.48. The van der Waals surface area contributed by atoms with Gasteiger partial charge < -0.3 is 15.8 Å². The molecule has 2 aromatic rings. The summed E-state index contributed by atoms with van der Waals surface area (Å²) in [5.74, 6) is -0.0974. The Kier molecular flexibility index (Phi) is 5.11. The van der Waals surface area contributed by atoms with E-state index in [1.165, 1.54) is 11.6 Å². The van der Waals surface area contributed by atoms with Gasteiger partial charge in [-0.05, 0) is 66.8 Å². The number of nitrogens with one attached hydrogen (secondary N) is 1. The summed E-state index contributed by atoms with van der Waals surface area (Å²) in [6.07, 6.45) is 2.73. The number of hydrogen-bond acceptors (Lipinski definition) is 3. The zero-order valence-electron chi connectivity index (χ0n) is 13.4. The van der Waals surface area contributed by atoms with E-state index in [1.54, 1.807) is 12.1 Å². The van der Waals surface area contributed by atoms with Crippen molar-refractivity contribution in [3.63, 3.8) is 0 Å². The molecule has 1 atom stereocenters. The molecule has 24 heavy (non-hydrogen) atoms. The molecule has 1 unspecified atom stereocenters. The predicted molar refractivity (Wildman–Crippen MR) is 90.3 cm³/mol.